The normalized spacial score (nSPS) is 18.9. The number of esters is 1. The summed E-state index contributed by atoms with van der Waals surface area (Å²) in [5, 5.41) is 2.85. The first kappa shape index (κ1) is 13.3. The zero-order valence-electron chi connectivity index (χ0n) is 10.7. The number of carbonyl (C=O) groups is 1. The fourth-order valence-electron chi connectivity index (χ4n) is 1.88. The van der Waals surface area contributed by atoms with Gasteiger partial charge in [-0.25, -0.2) is 4.98 Å². The molecule has 2 heterocycles. The molecule has 0 amide bonds. The van der Waals surface area contributed by atoms with Gasteiger partial charge in [0, 0.05) is 19.0 Å². The predicted molar refractivity (Wildman–Crippen MR) is 70.1 cm³/mol. The monoisotopic (exact) mass is 270 g/mol. The summed E-state index contributed by atoms with van der Waals surface area (Å²) in [6, 6.07) is 0.395. The highest BCUT2D eigenvalue weighted by atomic mass is 32.1. The molecule has 0 bridgehead atoms. The number of hydrogen-bond acceptors (Lipinski definition) is 6. The van der Waals surface area contributed by atoms with Gasteiger partial charge in [-0.2, -0.15) is 0 Å². The van der Waals surface area contributed by atoms with Crippen molar-refractivity contribution in [1.29, 1.82) is 0 Å². The molecule has 1 saturated heterocycles. The van der Waals surface area contributed by atoms with Gasteiger partial charge in [-0.1, -0.05) is 0 Å². The third kappa shape index (κ3) is 3.20. The van der Waals surface area contributed by atoms with Gasteiger partial charge in [0.25, 0.3) is 0 Å². The summed E-state index contributed by atoms with van der Waals surface area (Å²) in [6.07, 6.45) is 1.28. The highest BCUT2D eigenvalue weighted by molar-refractivity contribution is 7.13. The Morgan fingerprint density at radius 3 is 3.22 bits per heavy atom. The smallest absolute Gasteiger partial charge is 0.311 e. The lowest BCUT2D eigenvalue weighted by atomic mass is 10.2. The molecule has 0 saturated carbocycles. The van der Waals surface area contributed by atoms with Crippen LogP contribution in [0.4, 0.5) is 5.13 Å². The molecule has 1 aromatic heterocycles. The van der Waals surface area contributed by atoms with E-state index < -0.39 is 0 Å². The van der Waals surface area contributed by atoms with Crippen LogP contribution in [-0.2, 0) is 20.7 Å². The zero-order valence-corrected chi connectivity index (χ0v) is 11.5. The SMILES string of the molecule is CCOC(=O)Cc1csc(N(C)C2CCOC2)n1. The van der Waals surface area contributed by atoms with Gasteiger partial charge in [0.1, 0.15) is 0 Å². The van der Waals surface area contributed by atoms with E-state index in [1.807, 2.05) is 12.4 Å². The van der Waals surface area contributed by atoms with Gasteiger partial charge in [-0.15, -0.1) is 11.3 Å². The Morgan fingerprint density at radius 2 is 2.56 bits per heavy atom. The summed E-state index contributed by atoms with van der Waals surface area (Å²) in [4.78, 5) is 18.0. The minimum Gasteiger partial charge on any atom is -0.466 e. The van der Waals surface area contributed by atoms with Gasteiger partial charge >= 0.3 is 5.97 Å². The molecule has 0 N–H and O–H groups in total. The van der Waals surface area contributed by atoms with Crippen molar-refractivity contribution in [1.82, 2.24) is 4.98 Å². The van der Waals surface area contributed by atoms with E-state index >= 15 is 0 Å². The van der Waals surface area contributed by atoms with Crippen molar-refractivity contribution in [3.05, 3.63) is 11.1 Å². The number of aromatic nitrogens is 1. The number of likely N-dealkylation sites (N-methyl/N-ethyl adjacent to an activating group) is 1. The van der Waals surface area contributed by atoms with E-state index in [4.69, 9.17) is 9.47 Å². The molecule has 1 fully saturated rings. The zero-order chi connectivity index (χ0) is 13.0. The van der Waals surface area contributed by atoms with Gasteiger partial charge in [0.05, 0.1) is 31.4 Å². The molecular weight excluding hydrogens is 252 g/mol. The molecule has 1 aliphatic heterocycles. The number of carbonyl (C=O) groups excluding carboxylic acids is 1. The second-order valence-electron chi connectivity index (χ2n) is 4.23. The number of rotatable bonds is 5. The topological polar surface area (TPSA) is 51.7 Å². The van der Waals surface area contributed by atoms with Crippen molar-refractivity contribution in [2.75, 3.05) is 31.8 Å². The lowest BCUT2D eigenvalue weighted by molar-refractivity contribution is -0.142. The molecule has 5 nitrogen and oxygen atoms in total. The minimum atomic E-state index is -0.221. The van der Waals surface area contributed by atoms with Gasteiger partial charge in [-0.05, 0) is 13.3 Å². The van der Waals surface area contributed by atoms with Crippen LogP contribution in [0.3, 0.4) is 0 Å². The van der Waals surface area contributed by atoms with Crippen molar-refractivity contribution >= 4 is 22.4 Å². The third-order valence-corrected chi connectivity index (χ3v) is 3.91. The van der Waals surface area contributed by atoms with Gasteiger partial charge < -0.3 is 14.4 Å². The molecule has 0 aliphatic carbocycles. The van der Waals surface area contributed by atoms with Gasteiger partial charge in [0.15, 0.2) is 5.13 Å². The minimum absolute atomic E-state index is 0.221. The Kier molecular flexibility index (Phi) is 4.54. The first-order valence-corrected chi connectivity index (χ1v) is 6.99. The fraction of sp³-hybridized carbons (Fsp3) is 0.667. The largest absolute Gasteiger partial charge is 0.466 e. The van der Waals surface area contributed by atoms with Crippen molar-refractivity contribution in [2.24, 2.45) is 0 Å². The van der Waals surface area contributed by atoms with Crippen LogP contribution in [-0.4, -0.2) is 43.9 Å². The molecular formula is C12H18N2O3S. The second kappa shape index (κ2) is 6.15. The average molecular weight is 270 g/mol. The Hall–Kier alpha value is -1.14. The summed E-state index contributed by atoms with van der Waals surface area (Å²) in [7, 11) is 2.02. The van der Waals surface area contributed by atoms with Crippen LogP contribution in [0, 0.1) is 0 Å². The first-order valence-electron chi connectivity index (χ1n) is 6.11. The van der Waals surface area contributed by atoms with Crippen LogP contribution >= 0.6 is 11.3 Å². The standard InChI is InChI=1S/C12H18N2O3S/c1-3-17-11(15)6-9-8-18-12(13-9)14(2)10-4-5-16-7-10/h8,10H,3-7H2,1-2H3. The Morgan fingerprint density at radius 1 is 1.72 bits per heavy atom. The summed E-state index contributed by atoms with van der Waals surface area (Å²) in [6.45, 7) is 3.78. The lowest BCUT2D eigenvalue weighted by Crippen LogP contribution is -2.31. The van der Waals surface area contributed by atoms with Crippen molar-refractivity contribution < 1.29 is 14.3 Å². The Labute approximate surface area is 111 Å². The van der Waals surface area contributed by atoms with Crippen molar-refractivity contribution in [2.45, 2.75) is 25.8 Å². The van der Waals surface area contributed by atoms with E-state index in [9.17, 15) is 4.79 Å². The highest BCUT2D eigenvalue weighted by Gasteiger charge is 2.22. The van der Waals surface area contributed by atoms with E-state index in [0.29, 0.717) is 12.6 Å². The van der Waals surface area contributed by atoms with E-state index in [1.54, 1.807) is 18.3 Å². The summed E-state index contributed by atoms with van der Waals surface area (Å²) in [5.74, 6) is -0.221. The number of nitrogens with zero attached hydrogens (tertiary/aromatic N) is 2. The van der Waals surface area contributed by atoms with Crippen LogP contribution in [0.5, 0.6) is 0 Å². The van der Waals surface area contributed by atoms with Crippen LogP contribution in [0.1, 0.15) is 19.0 Å². The summed E-state index contributed by atoms with van der Waals surface area (Å²) < 4.78 is 10.3. The number of hydrogen-bond donors (Lipinski definition) is 0. The predicted octanol–water partition coefficient (Wildman–Crippen LogP) is 1.47. The molecule has 2 rings (SSSR count). The maximum Gasteiger partial charge on any atom is 0.311 e. The van der Waals surface area contributed by atoms with Crippen molar-refractivity contribution in [3.63, 3.8) is 0 Å². The van der Waals surface area contributed by atoms with Crippen LogP contribution in [0.15, 0.2) is 5.38 Å². The van der Waals surface area contributed by atoms with E-state index in [1.165, 1.54) is 0 Å². The summed E-state index contributed by atoms with van der Waals surface area (Å²) >= 11 is 1.56. The molecule has 18 heavy (non-hydrogen) atoms. The Bertz CT molecular complexity index is 402. The first-order chi connectivity index (χ1) is 8.70. The molecule has 1 aromatic rings. The fourth-order valence-corrected chi connectivity index (χ4v) is 2.75. The molecule has 6 heteroatoms. The van der Waals surface area contributed by atoms with Crippen LogP contribution in [0.2, 0.25) is 0 Å². The van der Waals surface area contributed by atoms with Crippen LogP contribution < -0.4 is 4.90 Å². The number of ether oxygens (including phenoxy) is 2. The maximum absolute atomic E-state index is 11.4. The molecule has 0 radical (unpaired) electrons. The van der Waals surface area contributed by atoms with E-state index in [0.717, 1.165) is 30.5 Å². The molecule has 100 valence electrons. The third-order valence-electron chi connectivity index (χ3n) is 2.93. The molecule has 1 atom stereocenters. The molecule has 0 aromatic carbocycles. The molecule has 1 unspecified atom stereocenters. The van der Waals surface area contributed by atoms with Gasteiger partial charge in [0.2, 0.25) is 0 Å². The van der Waals surface area contributed by atoms with Crippen LogP contribution in [0.25, 0.3) is 0 Å². The van der Waals surface area contributed by atoms with E-state index in [2.05, 4.69) is 9.88 Å². The highest BCUT2D eigenvalue weighted by Crippen LogP contribution is 2.24. The van der Waals surface area contributed by atoms with Crippen molar-refractivity contribution in [3.8, 4) is 0 Å². The average Bonchev–Trinajstić information content (AvgIpc) is 2.98. The molecule has 1 aliphatic rings. The van der Waals surface area contributed by atoms with Gasteiger partial charge in [-0.3, -0.25) is 4.79 Å². The number of anilines is 1. The van der Waals surface area contributed by atoms with E-state index in [-0.39, 0.29) is 12.4 Å². The number of thiazole rings is 1. The summed E-state index contributed by atoms with van der Waals surface area (Å²) in [5.41, 5.74) is 0.777. The quantitative estimate of drug-likeness (QED) is 0.758. The maximum atomic E-state index is 11.4. The molecule has 0 spiro atoms. The second-order valence-corrected chi connectivity index (χ2v) is 5.07. The lowest BCUT2D eigenvalue weighted by Gasteiger charge is -2.21. The Balaban J connectivity index is 1.94.